The first-order chi connectivity index (χ1) is 8.36. The highest BCUT2D eigenvalue weighted by Gasteiger charge is 2.39. The van der Waals surface area contributed by atoms with Crippen LogP contribution in [-0.2, 0) is 5.41 Å². The monoisotopic (exact) mass is 251 g/mol. The number of benzene rings is 1. The van der Waals surface area contributed by atoms with Crippen molar-refractivity contribution in [3.05, 3.63) is 29.6 Å². The van der Waals surface area contributed by atoms with Gasteiger partial charge in [-0.15, -0.1) is 0 Å². The predicted octanol–water partition coefficient (Wildman–Crippen LogP) is 3.11. The molecule has 1 atom stereocenters. The second kappa shape index (κ2) is 4.54. The molecule has 3 heteroatoms. The van der Waals surface area contributed by atoms with E-state index in [9.17, 15) is 4.39 Å². The van der Waals surface area contributed by atoms with Gasteiger partial charge in [0, 0.05) is 24.1 Å². The van der Waals surface area contributed by atoms with E-state index in [0.29, 0.717) is 0 Å². The van der Waals surface area contributed by atoms with Crippen LogP contribution >= 0.6 is 0 Å². The highest BCUT2D eigenvalue weighted by atomic mass is 19.1. The van der Waals surface area contributed by atoms with Gasteiger partial charge in [0.25, 0.3) is 0 Å². The topological polar surface area (TPSA) is 21.3 Å². The van der Waals surface area contributed by atoms with Crippen LogP contribution in [0.3, 0.4) is 0 Å². The van der Waals surface area contributed by atoms with Crippen LogP contribution in [-0.4, -0.2) is 20.2 Å². The lowest BCUT2D eigenvalue weighted by Crippen LogP contribution is -2.49. The van der Waals surface area contributed by atoms with Gasteiger partial charge in [-0.3, -0.25) is 0 Å². The molecule has 2 nitrogen and oxygen atoms in total. The molecule has 0 aliphatic carbocycles. The van der Waals surface area contributed by atoms with Crippen molar-refractivity contribution in [1.82, 2.24) is 5.32 Å². The Kier molecular flexibility index (Phi) is 3.37. The van der Waals surface area contributed by atoms with Crippen LogP contribution in [0.4, 0.5) is 4.39 Å². The van der Waals surface area contributed by atoms with Crippen LogP contribution in [0.1, 0.15) is 32.8 Å². The highest BCUT2D eigenvalue weighted by Crippen LogP contribution is 2.42. The molecule has 0 aromatic heterocycles. The lowest BCUT2D eigenvalue weighted by atomic mass is 9.67. The van der Waals surface area contributed by atoms with Crippen molar-refractivity contribution in [3.63, 3.8) is 0 Å². The maximum Gasteiger partial charge on any atom is 0.123 e. The van der Waals surface area contributed by atoms with Crippen molar-refractivity contribution in [1.29, 1.82) is 0 Å². The number of piperidine rings is 1. The molecule has 1 fully saturated rings. The molecule has 0 radical (unpaired) electrons. The Morgan fingerprint density at radius 2 is 1.94 bits per heavy atom. The van der Waals surface area contributed by atoms with Crippen molar-refractivity contribution in [3.8, 4) is 5.75 Å². The number of hydrogen-bond donors (Lipinski definition) is 1. The van der Waals surface area contributed by atoms with Gasteiger partial charge < -0.3 is 10.1 Å². The molecule has 1 unspecified atom stereocenters. The van der Waals surface area contributed by atoms with Gasteiger partial charge in [0.2, 0.25) is 0 Å². The molecule has 0 spiro atoms. The van der Waals surface area contributed by atoms with E-state index < -0.39 is 0 Å². The van der Waals surface area contributed by atoms with Crippen molar-refractivity contribution in [2.24, 2.45) is 5.41 Å². The van der Waals surface area contributed by atoms with E-state index in [-0.39, 0.29) is 16.6 Å². The third-order valence-corrected chi connectivity index (χ3v) is 3.80. The molecular formula is C15H22FNO. The average molecular weight is 251 g/mol. The van der Waals surface area contributed by atoms with Gasteiger partial charge in [0.05, 0.1) is 7.11 Å². The third-order valence-electron chi connectivity index (χ3n) is 3.80. The Labute approximate surface area is 109 Å². The maximum atomic E-state index is 13.5. The second-order valence-corrected chi connectivity index (χ2v) is 6.35. The van der Waals surface area contributed by atoms with Gasteiger partial charge in [-0.1, -0.05) is 20.8 Å². The summed E-state index contributed by atoms with van der Waals surface area (Å²) in [6.45, 7) is 8.51. The molecule has 100 valence electrons. The van der Waals surface area contributed by atoms with Crippen LogP contribution in [0.2, 0.25) is 0 Å². The quantitative estimate of drug-likeness (QED) is 0.872. The van der Waals surface area contributed by atoms with Crippen LogP contribution < -0.4 is 10.1 Å². The molecule has 0 bridgehead atoms. The summed E-state index contributed by atoms with van der Waals surface area (Å²) < 4.78 is 18.9. The second-order valence-electron chi connectivity index (χ2n) is 6.35. The normalized spacial score (nSPS) is 26.9. The van der Waals surface area contributed by atoms with Crippen molar-refractivity contribution >= 4 is 0 Å². The number of ether oxygens (including phenoxy) is 1. The first-order valence-electron chi connectivity index (χ1n) is 6.41. The summed E-state index contributed by atoms with van der Waals surface area (Å²) in [6, 6.07) is 4.78. The lowest BCUT2D eigenvalue weighted by Gasteiger charge is -2.44. The number of rotatable bonds is 2. The minimum Gasteiger partial charge on any atom is -0.496 e. The molecule has 18 heavy (non-hydrogen) atoms. The predicted molar refractivity (Wildman–Crippen MR) is 71.6 cm³/mol. The first kappa shape index (κ1) is 13.3. The number of methoxy groups -OCH3 is 1. The van der Waals surface area contributed by atoms with Crippen LogP contribution in [0.15, 0.2) is 18.2 Å². The van der Waals surface area contributed by atoms with Crippen LogP contribution in [0.5, 0.6) is 5.75 Å². The SMILES string of the molecule is COc1ccc(F)cc1C1(C)CNCC(C)(C)C1. The molecule has 1 aliphatic rings. The van der Waals surface area contributed by atoms with Crippen molar-refractivity contribution in [2.45, 2.75) is 32.6 Å². The Morgan fingerprint density at radius 1 is 1.22 bits per heavy atom. The first-order valence-corrected chi connectivity index (χ1v) is 6.41. The zero-order valence-electron chi connectivity index (χ0n) is 11.6. The van der Waals surface area contributed by atoms with E-state index in [1.807, 2.05) is 0 Å². The van der Waals surface area contributed by atoms with Crippen molar-refractivity contribution < 1.29 is 9.13 Å². The summed E-state index contributed by atoms with van der Waals surface area (Å²) in [4.78, 5) is 0. The van der Waals surface area contributed by atoms with Crippen LogP contribution in [0.25, 0.3) is 0 Å². The molecule has 1 aromatic rings. The zero-order valence-corrected chi connectivity index (χ0v) is 11.6. The van der Waals surface area contributed by atoms with Gasteiger partial charge in [-0.05, 0) is 30.0 Å². The van der Waals surface area contributed by atoms with E-state index in [1.165, 1.54) is 6.07 Å². The van der Waals surface area contributed by atoms with E-state index in [4.69, 9.17) is 4.74 Å². The molecule has 0 amide bonds. The van der Waals surface area contributed by atoms with Gasteiger partial charge in [0.15, 0.2) is 0 Å². The van der Waals surface area contributed by atoms with Crippen molar-refractivity contribution in [2.75, 3.05) is 20.2 Å². The smallest absolute Gasteiger partial charge is 0.123 e. The standard InChI is InChI=1S/C15H22FNO/c1-14(2)8-15(3,10-17-9-14)12-7-11(16)5-6-13(12)18-4/h5-7,17H,8-10H2,1-4H3. The highest BCUT2D eigenvalue weighted by molar-refractivity contribution is 5.40. The molecule has 1 aliphatic heterocycles. The summed E-state index contributed by atoms with van der Waals surface area (Å²) >= 11 is 0. The molecule has 1 N–H and O–H groups in total. The molecular weight excluding hydrogens is 229 g/mol. The molecule has 2 rings (SSSR count). The third kappa shape index (κ3) is 2.51. The zero-order chi connectivity index (χ0) is 13.4. The van der Waals surface area contributed by atoms with E-state index in [2.05, 4.69) is 26.1 Å². The average Bonchev–Trinajstić information content (AvgIpc) is 2.27. The minimum absolute atomic E-state index is 0.0881. The van der Waals surface area contributed by atoms with Gasteiger partial charge >= 0.3 is 0 Å². The Bertz CT molecular complexity index is 444. The van der Waals surface area contributed by atoms with Gasteiger partial charge in [-0.2, -0.15) is 0 Å². The fourth-order valence-electron chi connectivity index (χ4n) is 3.20. The summed E-state index contributed by atoms with van der Waals surface area (Å²) in [6.07, 6.45) is 1.02. The molecule has 0 saturated carbocycles. The molecule has 1 aromatic carbocycles. The number of halogens is 1. The van der Waals surface area contributed by atoms with E-state index in [1.54, 1.807) is 19.2 Å². The summed E-state index contributed by atoms with van der Waals surface area (Å²) in [7, 11) is 1.64. The fraction of sp³-hybridized carbons (Fsp3) is 0.600. The Morgan fingerprint density at radius 3 is 2.56 bits per heavy atom. The van der Waals surface area contributed by atoms with E-state index in [0.717, 1.165) is 30.8 Å². The Balaban J connectivity index is 2.43. The molecule has 1 heterocycles. The van der Waals surface area contributed by atoms with Gasteiger partial charge in [0.1, 0.15) is 11.6 Å². The summed E-state index contributed by atoms with van der Waals surface area (Å²) in [5, 5.41) is 3.46. The Hall–Kier alpha value is -1.09. The maximum absolute atomic E-state index is 13.5. The fourth-order valence-corrected chi connectivity index (χ4v) is 3.20. The number of nitrogens with one attached hydrogen (secondary N) is 1. The lowest BCUT2D eigenvalue weighted by molar-refractivity contribution is 0.176. The van der Waals surface area contributed by atoms with Gasteiger partial charge in [-0.25, -0.2) is 4.39 Å². The summed E-state index contributed by atoms with van der Waals surface area (Å²) in [5.74, 6) is 0.578. The summed E-state index contributed by atoms with van der Waals surface area (Å²) in [5.41, 5.74) is 1.09. The molecule has 1 saturated heterocycles. The minimum atomic E-state index is -0.199. The number of hydrogen-bond acceptors (Lipinski definition) is 2. The van der Waals surface area contributed by atoms with Crippen LogP contribution in [0, 0.1) is 11.2 Å². The van der Waals surface area contributed by atoms with E-state index >= 15 is 0 Å². The largest absolute Gasteiger partial charge is 0.496 e.